The normalized spacial score (nSPS) is 11.7. The number of hydrogen-bond donors (Lipinski definition) is 2. The number of thioether (sulfide) groups is 1. The van der Waals surface area contributed by atoms with Crippen molar-refractivity contribution in [2.45, 2.75) is 17.3 Å². The molecule has 1 aromatic heterocycles. The van der Waals surface area contributed by atoms with Crippen LogP contribution < -0.4 is 10.6 Å². The van der Waals surface area contributed by atoms with E-state index in [0.29, 0.717) is 11.7 Å². The Kier molecular flexibility index (Phi) is 5.86. The maximum absolute atomic E-state index is 12.1. The Balaban J connectivity index is 1.89. The van der Waals surface area contributed by atoms with E-state index in [-0.39, 0.29) is 11.2 Å². The van der Waals surface area contributed by atoms with E-state index in [9.17, 15) is 4.79 Å². The molecule has 3 rings (SSSR count). The number of nitrogens with zero attached hydrogens (tertiary/aromatic N) is 2. The molecule has 2 aromatic carbocycles. The maximum Gasteiger partial charge on any atom is 0.233 e. The molecule has 0 aliphatic heterocycles. The lowest BCUT2D eigenvalue weighted by Gasteiger charge is -2.13. The van der Waals surface area contributed by atoms with Crippen molar-refractivity contribution in [1.29, 1.82) is 0 Å². The molecule has 2 N–H and O–H groups in total. The highest BCUT2D eigenvalue weighted by Gasteiger charge is 2.17. The Hall–Kier alpha value is -2.86. The number of hydrogen-bond acceptors (Lipinski definition) is 5. The zero-order valence-electron chi connectivity index (χ0n) is 14.5. The van der Waals surface area contributed by atoms with Gasteiger partial charge >= 0.3 is 0 Å². The van der Waals surface area contributed by atoms with Crippen LogP contribution in [0.15, 0.2) is 72.4 Å². The zero-order valence-corrected chi connectivity index (χ0v) is 15.3. The van der Waals surface area contributed by atoms with E-state index >= 15 is 0 Å². The number of aromatic nitrogens is 2. The Labute approximate surface area is 156 Å². The fourth-order valence-corrected chi connectivity index (χ4v) is 3.19. The van der Waals surface area contributed by atoms with Crippen LogP contribution in [0.1, 0.15) is 6.92 Å². The van der Waals surface area contributed by atoms with E-state index in [1.165, 1.54) is 11.8 Å². The molecule has 0 spiro atoms. The third-order valence-corrected chi connectivity index (χ3v) is 4.65. The molecule has 0 saturated carbocycles. The van der Waals surface area contributed by atoms with Crippen LogP contribution in [-0.2, 0) is 4.79 Å². The average Bonchev–Trinajstić information content (AvgIpc) is 2.67. The largest absolute Gasteiger partial charge is 0.352 e. The summed E-state index contributed by atoms with van der Waals surface area (Å²) in [5.74, 6) is 0.659. The summed E-state index contributed by atoms with van der Waals surface area (Å²) in [6.45, 7) is 5.89. The second kappa shape index (κ2) is 8.49. The van der Waals surface area contributed by atoms with Gasteiger partial charge in [0, 0.05) is 17.6 Å². The van der Waals surface area contributed by atoms with Crippen molar-refractivity contribution < 1.29 is 4.79 Å². The molecule has 0 saturated heterocycles. The molecule has 26 heavy (non-hydrogen) atoms. The first-order valence-electron chi connectivity index (χ1n) is 8.31. The third-order valence-electron chi connectivity index (χ3n) is 3.69. The molecule has 0 fully saturated rings. The predicted octanol–water partition coefficient (Wildman–Crippen LogP) is 4.16. The first-order valence-corrected chi connectivity index (χ1v) is 9.19. The number of carbonyl (C=O) groups is 1. The highest BCUT2D eigenvalue weighted by molar-refractivity contribution is 8.00. The second-order valence-electron chi connectivity index (χ2n) is 5.66. The maximum atomic E-state index is 12.1. The van der Waals surface area contributed by atoms with E-state index in [1.54, 1.807) is 6.08 Å². The van der Waals surface area contributed by atoms with Gasteiger partial charge in [0.25, 0.3) is 0 Å². The zero-order chi connectivity index (χ0) is 18.4. The summed E-state index contributed by atoms with van der Waals surface area (Å²) >= 11 is 1.33. The highest BCUT2D eigenvalue weighted by Crippen LogP contribution is 2.28. The van der Waals surface area contributed by atoms with Crippen LogP contribution in [0.2, 0.25) is 0 Å². The Morgan fingerprint density at radius 3 is 2.65 bits per heavy atom. The Morgan fingerprint density at radius 2 is 1.88 bits per heavy atom. The molecular formula is C20H20N4OS. The number of amides is 1. The summed E-state index contributed by atoms with van der Waals surface area (Å²) in [5, 5.41) is 7.33. The van der Waals surface area contributed by atoms with E-state index in [0.717, 1.165) is 22.4 Å². The van der Waals surface area contributed by atoms with Gasteiger partial charge < -0.3 is 10.6 Å². The van der Waals surface area contributed by atoms with Crippen LogP contribution in [0, 0.1) is 0 Å². The van der Waals surface area contributed by atoms with Gasteiger partial charge in [0.05, 0.1) is 10.8 Å². The summed E-state index contributed by atoms with van der Waals surface area (Å²) in [5.41, 5.74) is 1.78. The van der Waals surface area contributed by atoms with Crippen molar-refractivity contribution in [3.8, 4) is 0 Å². The Morgan fingerprint density at radius 1 is 1.15 bits per heavy atom. The summed E-state index contributed by atoms with van der Waals surface area (Å²) in [6.07, 6.45) is 1.66. The van der Waals surface area contributed by atoms with Gasteiger partial charge in [-0.15, -0.1) is 6.58 Å². The fourth-order valence-electron chi connectivity index (χ4n) is 2.39. The van der Waals surface area contributed by atoms with Crippen LogP contribution in [0.5, 0.6) is 0 Å². The van der Waals surface area contributed by atoms with Crippen molar-refractivity contribution in [2.75, 3.05) is 11.9 Å². The van der Waals surface area contributed by atoms with E-state index in [4.69, 9.17) is 0 Å². The number of rotatable bonds is 7. The van der Waals surface area contributed by atoms with Crippen molar-refractivity contribution >= 4 is 40.1 Å². The standard InChI is InChI=1S/C20H20N4OS/c1-3-13-21-19(25)14(2)26-20-23-17-12-8-7-11-16(17)18(24-20)22-15-9-5-4-6-10-15/h3-12,14H,1,13H2,2H3,(H,21,25)(H,22,23,24)/t14-/m1/s1. The van der Waals surface area contributed by atoms with Crippen molar-refractivity contribution in [3.05, 3.63) is 67.3 Å². The van der Waals surface area contributed by atoms with Crippen LogP contribution in [-0.4, -0.2) is 27.7 Å². The first kappa shape index (κ1) is 17.9. The van der Waals surface area contributed by atoms with Gasteiger partial charge in [0.2, 0.25) is 5.91 Å². The minimum atomic E-state index is -0.305. The lowest BCUT2D eigenvalue weighted by molar-refractivity contribution is -0.120. The lowest BCUT2D eigenvalue weighted by atomic mass is 10.2. The molecule has 132 valence electrons. The smallest absolute Gasteiger partial charge is 0.233 e. The summed E-state index contributed by atoms with van der Waals surface area (Å²) in [7, 11) is 0. The second-order valence-corrected chi connectivity index (χ2v) is 6.96. The van der Waals surface area contributed by atoms with Gasteiger partial charge in [-0.25, -0.2) is 9.97 Å². The topological polar surface area (TPSA) is 66.9 Å². The van der Waals surface area contributed by atoms with Crippen molar-refractivity contribution in [2.24, 2.45) is 0 Å². The molecule has 0 aliphatic rings. The highest BCUT2D eigenvalue weighted by atomic mass is 32.2. The minimum absolute atomic E-state index is 0.0655. The average molecular weight is 364 g/mol. The number of carbonyl (C=O) groups excluding carboxylic acids is 1. The van der Waals surface area contributed by atoms with Gasteiger partial charge in [0.1, 0.15) is 5.82 Å². The van der Waals surface area contributed by atoms with Gasteiger partial charge in [-0.05, 0) is 31.2 Å². The van der Waals surface area contributed by atoms with Gasteiger partial charge in [-0.3, -0.25) is 4.79 Å². The molecule has 0 unspecified atom stereocenters. The number of fused-ring (bicyclic) bond motifs is 1. The third kappa shape index (κ3) is 4.40. The fraction of sp³-hybridized carbons (Fsp3) is 0.150. The van der Waals surface area contributed by atoms with Gasteiger partial charge in [-0.1, -0.05) is 48.2 Å². The van der Waals surface area contributed by atoms with Crippen LogP contribution in [0.4, 0.5) is 11.5 Å². The molecule has 3 aromatic rings. The van der Waals surface area contributed by atoms with Crippen LogP contribution >= 0.6 is 11.8 Å². The molecular weight excluding hydrogens is 344 g/mol. The Bertz CT molecular complexity index is 914. The molecule has 0 radical (unpaired) electrons. The lowest BCUT2D eigenvalue weighted by Crippen LogP contribution is -2.31. The van der Waals surface area contributed by atoms with Crippen LogP contribution in [0.3, 0.4) is 0 Å². The van der Waals surface area contributed by atoms with Gasteiger partial charge in [0.15, 0.2) is 5.16 Å². The van der Waals surface area contributed by atoms with E-state index < -0.39 is 0 Å². The monoisotopic (exact) mass is 364 g/mol. The molecule has 1 atom stereocenters. The van der Waals surface area contributed by atoms with Crippen molar-refractivity contribution in [1.82, 2.24) is 15.3 Å². The van der Waals surface area contributed by atoms with E-state index in [1.807, 2.05) is 61.5 Å². The van der Waals surface area contributed by atoms with Gasteiger partial charge in [-0.2, -0.15) is 0 Å². The minimum Gasteiger partial charge on any atom is -0.352 e. The molecule has 6 heteroatoms. The molecule has 0 aliphatic carbocycles. The van der Waals surface area contributed by atoms with Crippen LogP contribution in [0.25, 0.3) is 10.9 Å². The summed E-state index contributed by atoms with van der Waals surface area (Å²) in [6, 6.07) is 17.7. The quantitative estimate of drug-likeness (QED) is 0.374. The number of para-hydroxylation sites is 2. The number of benzene rings is 2. The summed E-state index contributed by atoms with van der Waals surface area (Å²) in [4.78, 5) is 21.3. The molecule has 5 nitrogen and oxygen atoms in total. The summed E-state index contributed by atoms with van der Waals surface area (Å²) < 4.78 is 0. The van der Waals surface area contributed by atoms with E-state index in [2.05, 4.69) is 27.2 Å². The predicted molar refractivity (Wildman–Crippen MR) is 108 cm³/mol. The molecule has 1 amide bonds. The first-order chi connectivity index (χ1) is 12.7. The molecule has 1 heterocycles. The number of nitrogens with one attached hydrogen (secondary N) is 2. The number of anilines is 2. The van der Waals surface area contributed by atoms with Crippen molar-refractivity contribution in [3.63, 3.8) is 0 Å². The molecule has 0 bridgehead atoms. The SMILES string of the molecule is C=CCNC(=O)[C@@H](C)Sc1nc(Nc2ccccc2)c2ccccc2n1.